The van der Waals surface area contributed by atoms with E-state index in [9.17, 15) is 14.7 Å². The van der Waals surface area contributed by atoms with Crippen LogP contribution >= 0.6 is 0 Å². The van der Waals surface area contributed by atoms with Gasteiger partial charge in [-0.25, -0.2) is 4.98 Å². The Hall–Kier alpha value is -7.07. The number of nitrogens with zero attached hydrogens (tertiary/aromatic N) is 2. The molecule has 10 rings (SSSR count). The van der Waals surface area contributed by atoms with Crippen molar-refractivity contribution in [1.82, 2.24) is 4.98 Å². The first-order valence-electron chi connectivity index (χ1n) is 19.6. The number of benzene rings is 5. The van der Waals surface area contributed by atoms with Gasteiger partial charge in [0.25, 0.3) is 0 Å². The van der Waals surface area contributed by atoms with Crippen LogP contribution in [0.5, 0.6) is 17.2 Å². The second-order valence-electron chi connectivity index (χ2n) is 15.6. The van der Waals surface area contributed by atoms with E-state index in [-0.39, 0.29) is 53.5 Å². The topological polar surface area (TPSA) is 136 Å². The molecular formula is C49H38N2O8. The number of imide groups is 1. The predicted molar refractivity (Wildman–Crippen MR) is 220 cm³/mol. The number of oxazole rings is 1. The lowest BCUT2D eigenvalue weighted by molar-refractivity contribution is -0.135. The first kappa shape index (κ1) is 36.3. The Kier molecular flexibility index (Phi) is 8.48. The van der Waals surface area contributed by atoms with Crippen LogP contribution in [-0.2, 0) is 24.6 Å². The molecule has 10 nitrogen and oxygen atoms in total. The van der Waals surface area contributed by atoms with Crippen LogP contribution in [0, 0.1) is 23.7 Å². The number of allylic oxidation sites excluding steroid dienone is 4. The Labute approximate surface area is 339 Å². The second-order valence-corrected chi connectivity index (χ2v) is 15.6. The van der Waals surface area contributed by atoms with Gasteiger partial charge in [-0.3, -0.25) is 24.1 Å². The summed E-state index contributed by atoms with van der Waals surface area (Å²) in [7, 11) is 2.87. The Morgan fingerprint density at radius 2 is 1.42 bits per heavy atom. The normalized spacial score (nSPS) is 24.9. The number of amides is 2. The van der Waals surface area contributed by atoms with E-state index in [1.54, 1.807) is 36.4 Å². The van der Waals surface area contributed by atoms with E-state index in [1.165, 1.54) is 25.2 Å². The molecule has 0 radical (unpaired) electrons. The molecule has 2 heterocycles. The van der Waals surface area contributed by atoms with E-state index < -0.39 is 35.0 Å². The van der Waals surface area contributed by atoms with Crippen LogP contribution in [0.25, 0.3) is 28.1 Å². The summed E-state index contributed by atoms with van der Waals surface area (Å²) in [6.45, 7) is 0. The summed E-state index contributed by atoms with van der Waals surface area (Å²) in [5, 5.41) is 11.1. The van der Waals surface area contributed by atoms with Gasteiger partial charge in [0, 0.05) is 23.0 Å². The number of phenols is 1. The molecule has 5 aromatic carbocycles. The highest BCUT2D eigenvalue weighted by atomic mass is 16.5. The van der Waals surface area contributed by atoms with Crippen molar-refractivity contribution in [3.8, 4) is 28.7 Å². The number of hydrogen-bond donors (Lipinski definition) is 1. The van der Waals surface area contributed by atoms with Crippen molar-refractivity contribution < 1.29 is 38.2 Å². The third-order valence-electron chi connectivity index (χ3n) is 12.9. The summed E-state index contributed by atoms with van der Waals surface area (Å²) in [5.74, 6) is -4.47. The van der Waals surface area contributed by atoms with Crippen LogP contribution in [0.2, 0.25) is 0 Å². The molecule has 4 aliphatic rings. The number of aromatic nitrogens is 1. The minimum absolute atomic E-state index is 0.130. The summed E-state index contributed by atoms with van der Waals surface area (Å²) in [6, 6.07) is 36.3. The number of carbonyl (C=O) groups is 4. The number of para-hydroxylation sites is 2. The fourth-order valence-corrected chi connectivity index (χ4v) is 10.3. The van der Waals surface area contributed by atoms with Gasteiger partial charge in [-0.1, -0.05) is 84.4 Å². The van der Waals surface area contributed by atoms with Crippen molar-refractivity contribution in [3.05, 3.63) is 156 Å². The SMILES string of the molecule is COc1cc([C@H]2C3=CC[C@@H]4C(=O)N(c5ccc(-c6nc7ccccc7o6)cc5)C(=O)[C@@H]4[C@@H]3C[C@H]3C(=O)C(c4ccccc4)=CC(=O)[C@@]23c2ccccc2)cc(OC)c1O. The Bertz CT molecular complexity index is 2710. The molecule has 0 unspecified atom stereocenters. The van der Waals surface area contributed by atoms with Crippen molar-refractivity contribution in [2.45, 2.75) is 24.2 Å². The van der Waals surface area contributed by atoms with Gasteiger partial charge < -0.3 is 19.0 Å². The summed E-state index contributed by atoms with van der Waals surface area (Å²) in [5.41, 5.74) is 3.98. The number of ketones is 2. The number of fused-ring (bicyclic) bond motifs is 5. The fourth-order valence-electron chi connectivity index (χ4n) is 10.3. The first-order valence-corrected chi connectivity index (χ1v) is 19.6. The highest BCUT2D eigenvalue weighted by Gasteiger charge is 2.66. The molecule has 1 aliphatic heterocycles. The van der Waals surface area contributed by atoms with Gasteiger partial charge in [-0.2, -0.15) is 0 Å². The average Bonchev–Trinajstić information content (AvgIpc) is 3.82. The number of anilines is 1. The van der Waals surface area contributed by atoms with E-state index >= 15 is 9.59 Å². The fraction of sp³-hybridized carbons (Fsp3) is 0.204. The van der Waals surface area contributed by atoms with E-state index in [0.717, 1.165) is 11.1 Å². The van der Waals surface area contributed by atoms with Crippen molar-refractivity contribution >= 4 is 45.7 Å². The molecule has 6 atom stereocenters. The number of ether oxygens (including phenoxy) is 2. The molecular weight excluding hydrogens is 745 g/mol. The molecule has 1 saturated carbocycles. The van der Waals surface area contributed by atoms with E-state index in [4.69, 9.17) is 13.9 Å². The summed E-state index contributed by atoms with van der Waals surface area (Å²) in [4.78, 5) is 65.8. The van der Waals surface area contributed by atoms with E-state index in [1.807, 2.05) is 91.0 Å². The van der Waals surface area contributed by atoms with Crippen LogP contribution in [0.15, 0.2) is 143 Å². The molecule has 1 N–H and O–H groups in total. The quantitative estimate of drug-likeness (QED) is 0.125. The van der Waals surface area contributed by atoms with Gasteiger partial charge in [0.1, 0.15) is 5.52 Å². The van der Waals surface area contributed by atoms with Gasteiger partial charge in [0.15, 0.2) is 28.6 Å². The largest absolute Gasteiger partial charge is 0.502 e. The molecule has 3 aliphatic carbocycles. The van der Waals surface area contributed by atoms with Crippen molar-refractivity contribution in [2.24, 2.45) is 23.7 Å². The molecule has 0 spiro atoms. The van der Waals surface area contributed by atoms with E-state index in [0.29, 0.717) is 45.0 Å². The third-order valence-corrected chi connectivity index (χ3v) is 12.9. The Morgan fingerprint density at radius 1 is 0.763 bits per heavy atom. The number of rotatable bonds is 7. The van der Waals surface area contributed by atoms with Crippen molar-refractivity contribution in [2.75, 3.05) is 19.1 Å². The monoisotopic (exact) mass is 782 g/mol. The van der Waals surface area contributed by atoms with Gasteiger partial charge >= 0.3 is 0 Å². The lowest BCUT2D eigenvalue weighted by atomic mass is 9.44. The third kappa shape index (κ3) is 5.35. The van der Waals surface area contributed by atoms with Gasteiger partial charge in [-0.15, -0.1) is 0 Å². The molecule has 1 saturated heterocycles. The van der Waals surface area contributed by atoms with Crippen LogP contribution in [0.4, 0.5) is 5.69 Å². The van der Waals surface area contributed by atoms with Gasteiger partial charge in [0.05, 0.1) is 37.2 Å². The van der Waals surface area contributed by atoms with Crippen molar-refractivity contribution in [3.63, 3.8) is 0 Å². The van der Waals surface area contributed by atoms with Crippen molar-refractivity contribution in [1.29, 1.82) is 0 Å². The minimum Gasteiger partial charge on any atom is -0.502 e. The molecule has 59 heavy (non-hydrogen) atoms. The maximum atomic E-state index is 15.4. The maximum Gasteiger partial charge on any atom is 0.238 e. The van der Waals surface area contributed by atoms with E-state index in [2.05, 4.69) is 4.98 Å². The maximum absolute atomic E-state index is 15.4. The zero-order chi connectivity index (χ0) is 40.6. The summed E-state index contributed by atoms with van der Waals surface area (Å²) >= 11 is 0. The van der Waals surface area contributed by atoms with Crippen LogP contribution in [0.1, 0.15) is 35.4 Å². The minimum atomic E-state index is -1.45. The molecule has 2 fully saturated rings. The second kappa shape index (κ2) is 13.8. The predicted octanol–water partition coefficient (Wildman–Crippen LogP) is 8.25. The summed E-state index contributed by atoms with van der Waals surface area (Å²) in [6.07, 6.45) is 3.89. The van der Waals surface area contributed by atoms with Crippen LogP contribution in [-0.4, -0.2) is 47.7 Å². The zero-order valence-corrected chi connectivity index (χ0v) is 32.2. The lowest BCUT2D eigenvalue weighted by Gasteiger charge is -2.55. The molecule has 1 aromatic heterocycles. The Morgan fingerprint density at radius 3 is 2.10 bits per heavy atom. The number of hydrogen-bond acceptors (Lipinski definition) is 9. The Balaban J connectivity index is 1.12. The number of methoxy groups -OCH3 is 2. The standard InChI is InChI=1S/C49H38N2O8/c1-57-39-23-29(24-40(58-2)45(39)54)43-32-21-22-33-42(48(56)51(47(33)55)31-19-17-28(18-20-31)46-50-37-15-9-10-16-38(37)59-46)35(32)25-36-44(53)34(27-11-5-3-6-12-27)26-41(52)49(36,43)30-13-7-4-8-14-30/h3-21,23-24,26,33,35-36,42-43,54H,22,25H2,1-2H3/t33-,35+,36-,42-,43-,49-/m0/s1. The zero-order valence-electron chi connectivity index (χ0n) is 32.2. The molecule has 0 bridgehead atoms. The highest BCUT2D eigenvalue weighted by Crippen LogP contribution is 2.64. The molecule has 2 amide bonds. The molecule has 10 heteroatoms. The van der Waals surface area contributed by atoms with Crippen LogP contribution in [0.3, 0.4) is 0 Å². The smallest absolute Gasteiger partial charge is 0.238 e. The van der Waals surface area contributed by atoms with Gasteiger partial charge in [-0.05, 0) is 90.1 Å². The lowest BCUT2D eigenvalue weighted by Crippen LogP contribution is -2.58. The average molecular weight is 783 g/mol. The number of aromatic hydroxyl groups is 1. The number of phenolic OH excluding ortho intramolecular Hbond substituents is 1. The highest BCUT2D eigenvalue weighted by molar-refractivity contribution is 6.32. The first-order chi connectivity index (χ1) is 28.7. The van der Waals surface area contributed by atoms with Crippen LogP contribution < -0.4 is 14.4 Å². The number of Topliss-reactive ketones (excluding diaryl/α,β-unsaturated/α-hetero) is 1. The molecule has 292 valence electrons. The van der Waals surface area contributed by atoms with Gasteiger partial charge in [0.2, 0.25) is 23.5 Å². The molecule has 6 aromatic rings. The summed E-state index contributed by atoms with van der Waals surface area (Å²) < 4.78 is 17.2. The number of carbonyl (C=O) groups excluding carboxylic acids is 4.